The maximum Gasteiger partial charge on any atom is 0.265 e. The molecule has 4 aromatic carbocycles. The molecule has 2 N–H and O–H groups in total. The first kappa shape index (κ1) is 30.0. The summed E-state index contributed by atoms with van der Waals surface area (Å²) >= 11 is 0. The molecule has 9 nitrogen and oxygen atoms in total. The van der Waals surface area contributed by atoms with Crippen LogP contribution < -0.4 is 10.2 Å². The van der Waals surface area contributed by atoms with Crippen LogP contribution in [0.4, 0.5) is 11.4 Å². The molecular weight excluding hydrogens is 566 g/mol. The smallest absolute Gasteiger partial charge is 0.265 e. The van der Waals surface area contributed by atoms with Crippen LogP contribution in [0, 0.1) is 5.92 Å². The number of fused-ring (bicyclic) bond motifs is 1. The highest BCUT2D eigenvalue weighted by Crippen LogP contribution is 2.37. The van der Waals surface area contributed by atoms with Gasteiger partial charge in [-0.3, -0.25) is 14.4 Å². The van der Waals surface area contributed by atoms with E-state index < -0.39 is 11.8 Å². The summed E-state index contributed by atoms with van der Waals surface area (Å²) in [7, 11) is 0. The minimum atomic E-state index is -0.460. The predicted octanol–water partition coefficient (Wildman–Crippen LogP) is 7.53. The number of hydrogen-bond acceptors (Lipinski definition) is 6. The summed E-state index contributed by atoms with van der Waals surface area (Å²) in [6.45, 7) is 10.4. The lowest BCUT2D eigenvalue weighted by atomic mass is 9.87. The Morgan fingerprint density at radius 2 is 1.64 bits per heavy atom. The maximum atomic E-state index is 13.9. The van der Waals surface area contributed by atoms with E-state index >= 15 is 0 Å². The van der Waals surface area contributed by atoms with Crippen molar-refractivity contribution in [2.24, 2.45) is 5.92 Å². The Bertz CT molecular complexity index is 1970. The highest BCUT2D eigenvalue weighted by atomic mass is 16.3. The van der Waals surface area contributed by atoms with Crippen molar-refractivity contribution >= 4 is 50.9 Å². The lowest BCUT2D eigenvalue weighted by Gasteiger charge is -2.28. The highest BCUT2D eigenvalue weighted by Gasteiger charge is 2.35. The number of anilines is 2. The summed E-state index contributed by atoms with van der Waals surface area (Å²) in [4.78, 5) is 43.4. The molecule has 0 spiro atoms. The van der Waals surface area contributed by atoms with Crippen LogP contribution in [0.1, 0.15) is 86.6 Å². The number of phenolic OH excluding ortho intramolecular Hbond substituents is 1. The number of rotatable bonds is 8. The summed E-state index contributed by atoms with van der Waals surface area (Å²) in [6, 6.07) is 19.1. The van der Waals surface area contributed by atoms with Crippen LogP contribution in [0.5, 0.6) is 5.75 Å². The van der Waals surface area contributed by atoms with Crippen molar-refractivity contribution in [2.45, 2.75) is 65.7 Å². The van der Waals surface area contributed by atoms with E-state index in [0.717, 1.165) is 36.1 Å². The number of nitrogens with one attached hydrogen (secondary N) is 1. The van der Waals surface area contributed by atoms with Crippen LogP contribution in [0.2, 0.25) is 0 Å². The van der Waals surface area contributed by atoms with Crippen LogP contribution in [0.15, 0.2) is 66.7 Å². The molecule has 5 aromatic rings. The molecule has 1 aliphatic heterocycles. The lowest BCUT2D eigenvalue weighted by molar-refractivity contribution is -0.120. The molecule has 1 atom stereocenters. The van der Waals surface area contributed by atoms with Crippen molar-refractivity contribution in [3.05, 3.63) is 83.4 Å². The molecule has 0 radical (unpaired) electrons. The standard InChI is InChI=1S/C36H37N5O4/c1-6-8-10-21(7-2)33(43)37-27-17-15-26-32-24(27)11-9-12-25(32)34(44)40(35(26)45)23-14-16-28-29(20-23)39-41(38-28)30-19-22(36(3,4)5)13-18-31(30)42/h9,11-21,42H,6-8,10H2,1-5H3,(H,37,43). The average Bonchev–Trinajstić information content (AvgIpc) is 3.44. The van der Waals surface area contributed by atoms with Crippen molar-refractivity contribution in [2.75, 3.05) is 10.2 Å². The zero-order chi connectivity index (χ0) is 32.0. The van der Waals surface area contributed by atoms with Gasteiger partial charge in [0.25, 0.3) is 11.8 Å². The summed E-state index contributed by atoms with van der Waals surface area (Å²) in [5.41, 5.74) is 4.01. The van der Waals surface area contributed by atoms with Gasteiger partial charge >= 0.3 is 0 Å². The Hall–Kier alpha value is -5.05. The number of aromatic hydroxyl groups is 1. The van der Waals surface area contributed by atoms with Gasteiger partial charge in [-0.05, 0) is 72.4 Å². The quantitative estimate of drug-likeness (QED) is 0.177. The van der Waals surface area contributed by atoms with Crippen LogP contribution in [0.25, 0.3) is 27.5 Å². The van der Waals surface area contributed by atoms with Gasteiger partial charge in [0.05, 0.1) is 5.69 Å². The highest BCUT2D eigenvalue weighted by molar-refractivity contribution is 6.36. The third-order valence-corrected chi connectivity index (χ3v) is 8.61. The maximum absolute atomic E-state index is 13.9. The number of carbonyl (C=O) groups is 3. The van der Waals surface area contributed by atoms with Gasteiger partial charge in [-0.25, -0.2) is 4.90 Å². The minimum absolute atomic E-state index is 0.0383. The van der Waals surface area contributed by atoms with Gasteiger partial charge in [0.15, 0.2) is 0 Å². The Balaban J connectivity index is 1.35. The van der Waals surface area contributed by atoms with Gasteiger partial charge in [-0.2, -0.15) is 0 Å². The van der Waals surface area contributed by atoms with Crippen LogP contribution >= 0.6 is 0 Å². The Morgan fingerprint density at radius 3 is 2.36 bits per heavy atom. The normalized spacial score (nSPS) is 13.9. The fraction of sp³-hybridized carbons (Fsp3) is 0.306. The lowest BCUT2D eigenvalue weighted by Crippen LogP contribution is -2.40. The molecule has 230 valence electrons. The number of amides is 3. The SMILES string of the molecule is CCCCC(CC)C(=O)Nc1ccc2c3c(cccc13)C(=O)N(c1ccc3nn(-c4cc(C(C)(C)C)ccc4O)nc3c1)C2=O. The largest absolute Gasteiger partial charge is 0.506 e. The topological polar surface area (TPSA) is 117 Å². The second-order valence-electron chi connectivity index (χ2n) is 12.7. The van der Waals surface area contributed by atoms with E-state index in [9.17, 15) is 19.5 Å². The fourth-order valence-corrected chi connectivity index (χ4v) is 5.95. The van der Waals surface area contributed by atoms with Crippen molar-refractivity contribution in [3.63, 3.8) is 0 Å². The third-order valence-electron chi connectivity index (χ3n) is 8.61. The van der Waals surface area contributed by atoms with E-state index in [-0.39, 0.29) is 23.0 Å². The van der Waals surface area contributed by atoms with E-state index in [2.05, 4.69) is 43.2 Å². The number of carbonyl (C=O) groups excluding carboxylic acids is 3. The number of benzene rings is 4. The molecule has 1 unspecified atom stereocenters. The van der Waals surface area contributed by atoms with Crippen molar-refractivity contribution in [1.29, 1.82) is 0 Å². The van der Waals surface area contributed by atoms with Gasteiger partial charge < -0.3 is 10.4 Å². The van der Waals surface area contributed by atoms with Gasteiger partial charge in [-0.1, -0.05) is 65.7 Å². The molecular formula is C36H37N5O4. The van der Waals surface area contributed by atoms with Crippen molar-refractivity contribution in [3.8, 4) is 11.4 Å². The van der Waals surface area contributed by atoms with Crippen LogP contribution in [0.3, 0.4) is 0 Å². The Morgan fingerprint density at radius 1 is 0.911 bits per heavy atom. The summed E-state index contributed by atoms with van der Waals surface area (Å²) in [6.07, 6.45) is 3.55. The van der Waals surface area contributed by atoms with Crippen LogP contribution in [-0.4, -0.2) is 37.8 Å². The average molecular weight is 604 g/mol. The third kappa shape index (κ3) is 5.32. The van der Waals surface area contributed by atoms with Crippen molar-refractivity contribution in [1.82, 2.24) is 15.0 Å². The zero-order valence-corrected chi connectivity index (χ0v) is 26.2. The number of imide groups is 1. The summed E-state index contributed by atoms with van der Waals surface area (Å²) in [5.74, 6) is -1.04. The predicted molar refractivity (Wildman–Crippen MR) is 176 cm³/mol. The van der Waals surface area contributed by atoms with E-state index in [0.29, 0.717) is 50.0 Å². The summed E-state index contributed by atoms with van der Waals surface area (Å²) in [5, 5.41) is 24.0. The van der Waals surface area contributed by atoms with Gasteiger partial charge in [0, 0.05) is 33.5 Å². The van der Waals surface area contributed by atoms with E-state index in [1.54, 1.807) is 48.5 Å². The molecule has 45 heavy (non-hydrogen) atoms. The second kappa shape index (κ2) is 11.5. The first-order valence-electron chi connectivity index (χ1n) is 15.5. The molecule has 6 rings (SSSR count). The van der Waals surface area contributed by atoms with E-state index in [1.165, 1.54) is 4.80 Å². The molecule has 1 aromatic heterocycles. The Kier molecular flexibility index (Phi) is 7.64. The second-order valence-corrected chi connectivity index (χ2v) is 12.7. The number of hydrogen-bond donors (Lipinski definition) is 2. The molecule has 3 amide bonds. The zero-order valence-electron chi connectivity index (χ0n) is 26.2. The molecule has 0 saturated heterocycles. The molecule has 9 heteroatoms. The van der Waals surface area contributed by atoms with Crippen molar-refractivity contribution < 1.29 is 19.5 Å². The van der Waals surface area contributed by atoms with E-state index in [4.69, 9.17) is 0 Å². The fourth-order valence-electron chi connectivity index (χ4n) is 5.95. The van der Waals surface area contributed by atoms with Crippen LogP contribution in [-0.2, 0) is 10.2 Å². The number of aromatic nitrogens is 3. The molecule has 0 aliphatic carbocycles. The van der Waals surface area contributed by atoms with Gasteiger partial charge in [0.1, 0.15) is 22.5 Å². The molecule has 0 fully saturated rings. The van der Waals surface area contributed by atoms with Gasteiger partial charge in [0.2, 0.25) is 5.91 Å². The number of unbranched alkanes of at least 4 members (excludes halogenated alkanes) is 1. The number of phenols is 1. The molecule has 0 saturated carbocycles. The minimum Gasteiger partial charge on any atom is -0.506 e. The van der Waals surface area contributed by atoms with E-state index in [1.807, 2.05) is 25.1 Å². The first-order chi connectivity index (χ1) is 21.5. The molecule has 2 heterocycles. The monoisotopic (exact) mass is 603 g/mol. The van der Waals surface area contributed by atoms with Gasteiger partial charge in [-0.15, -0.1) is 15.0 Å². The molecule has 0 bridgehead atoms. The molecule has 1 aliphatic rings. The Labute approximate surface area is 261 Å². The number of nitrogens with zero attached hydrogens (tertiary/aromatic N) is 4. The first-order valence-corrected chi connectivity index (χ1v) is 15.5. The summed E-state index contributed by atoms with van der Waals surface area (Å²) < 4.78 is 0.